The van der Waals surface area contributed by atoms with Crippen LogP contribution in [0.15, 0.2) is 66.9 Å². The fraction of sp³-hybridized carbons (Fsp3) is 0.217. The lowest BCUT2D eigenvalue weighted by Gasteiger charge is -2.25. The fourth-order valence-corrected chi connectivity index (χ4v) is 2.98. The van der Waals surface area contributed by atoms with E-state index < -0.39 is 6.10 Å². The molecule has 0 N–H and O–H groups in total. The number of amides is 1. The summed E-state index contributed by atoms with van der Waals surface area (Å²) in [7, 11) is 1.62. The number of carbonyl (C=O) groups is 1. The number of ether oxygens (including phenoxy) is 2. The van der Waals surface area contributed by atoms with Crippen molar-refractivity contribution < 1.29 is 14.3 Å². The van der Waals surface area contributed by atoms with Crippen LogP contribution in [0.4, 0.5) is 5.82 Å². The Morgan fingerprint density at radius 2 is 1.83 bits per heavy atom. The van der Waals surface area contributed by atoms with Crippen molar-refractivity contribution in [3.63, 3.8) is 0 Å². The summed E-state index contributed by atoms with van der Waals surface area (Å²) in [6.07, 6.45) is 0.966. The van der Waals surface area contributed by atoms with Gasteiger partial charge in [0.1, 0.15) is 17.3 Å². The first kappa shape index (κ1) is 20.7. The van der Waals surface area contributed by atoms with E-state index in [1.807, 2.05) is 49.4 Å². The average molecular weight is 411 g/mol. The molecule has 6 heteroatoms. The van der Waals surface area contributed by atoms with Crippen molar-refractivity contribution in [3.05, 3.63) is 83.0 Å². The number of aryl methyl sites for hydroxylation is 1. The molecule has 1 atom stereocenters. The molecule has 1 aromatic heterocycles. The van der Waals surface area contributed by atoms with Crippen LogP contribution in [-0.4, -0.2) is 24.1 Å². The standard InChI is InChI=1S/C23H23ClN2O3/c1-16-14-20(11-12-21(16)24)29-17(2)23(27)26(22-6-4-5-13-25-22)15-18-7-9-19(28-3)10-8-18/h4-14,17H,15H2,1-3H3/t17-/m0/s1. The molecule has 5 nitrogen and oxygen atoms in total. The molecule has 1 heterocycles. The molecule has 0 saturated carbocycles. The van der Waals surface area contributed by atoms with E-state index in [1.54, 1.807) is 43.3 Å². The minimum atomic E-state index is -0.698. The van der Waals surface area contributed by atoms with E-state index in [0.717, 1.165) is 16.9 Å². The van der Waals surface area contributed by atoms with E-state index in [0.29, 0.717) is 23.1 Å². The Labute approximate surface area is 175 Å². The van der Waals surface area contributed by atoms with E-state index in [2.05, 4.69) is 4.98 Å². The molecule has 2 aromatic carbocycles. The van der Waals surface area contributed by atoms with Crippen LogP contribution in [-0.2, 0) is 11.3 Å². The largest absolute Gasteiger partial charge is 0.497 e. The molecule has 0 unspecified atom stereocenters. The Hall–Kier alpha value is -3.05. The Kier molecular flexibility index (Phi) is 6.73. The highest BCUT2D eigenvalue weighted by Crippen LogP contribution is 2.23. The van der Waals surface area contributed by atoms with Gasteiger partial charge in [-0.3, -0.25) is 9.69 Å². The van der Waals surface area contributed by atoms with E-state index in [-0.39, 0.29) is 5.91 Å². The average Bonchev–Trinajstić information content (AvgIpc) is 2.75. The van der Waals surface area contributed by atoms with Gasteiger partial charge in [0.25, 0.3) is 5.91 Å². The molecular formula is C23H23ClN2O3. The number of rotatable bonds is 7. The molecule has 0 aliphatic carbocycles. The summed E-state index contributed by atoms with van der Waals surface area (Å²) >= 11 is 6.07. The van der Waals surface area contributed by atoms with E-state index in [1.165, 1.54) is 0 Å². The Bertz CT molecular complexity index is 962. The van der Waals surface area contributed by atoms with E-state index >= 15 is 0 Å². The molecule has 0 bridgehead atoms. The third-order valence-corrected chi connectivity index (χ3v) is 4.91. The highest BCUT2D eigenvalue weighted by atomic mass is 35.5. The minimum absolute atomic E-state index is 0.188. The zero-order valence-electron chi connectivity index (χ0n) is 16.6. The summed E-state index contributed by atoms with van der Waals surface area (Å²) in [6.45, 7) is 4.00. The van der Waals surface area contributed by atoms with Gasteiger partial charge in [0.15, 0.2) is 6.10 Å². The van der Waals surface area contributed by atoms with Gasteiger partial charge in [0, 0.05) is 11.2 Å². The number of anilines is 1. The van der Waals surface area contributed by atoms with Gasteiger partial charge < -0.3 is 9.47 Å². The molecule has 0 aliphatic heterocycles. The number of nitrogens with zero attached hydrogens (tertiary/aromatic N) is 2. The number of hydrogen-bond donors (Lipinski definition) is 0. The van der Waals surface area contributed by atoms with Gasteiger partial charge in [0.05, 0.1) is 13.7 Å². The second-order valence-electron chi connectivity index (χ2n) is 6.63. The first-order chi connectivity index (χ1) is 14.0. The molecule has 0 saturated heterocycles. The zero-order valence-corrected chi connectivity index (χ0v) is 17.4. The Morgan fingerprint density at radius 3 is 2.45 bits per heavy atom. The SMILES string of the molecule is COc1ccc(CN(C(=O)[C@H](C)Oc2ccc(Cl)c(C)c2)c2ccccn2)cc1. The molecule has 0 fully saturated rings. The molecule has 0 radical (unpaired) electrons. The van der Waals surface area contributed by atoms with Gasteiger partial charge in [-0.2, -0.15) is 0 Å². The van der Waals surface area contributed by atoms with Gasteiger partial charge in [-0.15, -0.1) is 0 Å². The first-order valence-corrected chi connectivity index (χ1v) is 9.64. The number of pyridine rings is 1. The van der Waals surface area contributed by atoms with Crippen LogP contribution in [0, 0.1) is 6.92 Å². The van der Waals surface area contributed by atoms with Gasteiger partial charge in [-0.05, 0) is 67.4 Å². The number of benzene rings is 2. The summed E-state index contributed by atoms with van der Waals surface area (Å²) in [4.78, 5) is 19.2. The quantitative estimate of drug-likeness (QED) is 0.546. The summed E-state index contributed by atoms with van der Waals surface area (Å²) in [5.41, 5.74) is 1.85. The molecule has 150 valence electrons. The van der Waals surface area contributed by atoms with Gasteiger partial charge >= 0.3 is 0 Å². The van der Waals surface area contributed by atoms with E-state index in [9.17, 15) is 4.79 Å². The molecule has 3 aromatic rings. The fourth-order valence-electron chi connectivity index (χ4n) is 2.86. The van der Waals surface area contributed by atoms with Gasteiger partial charge in [0.2, 0.25) is 0 Å². The summed E-state index contributed by atoms with van der Waals surface area (Å²) in [5, 5.41) is 0.658. The van der Waals surface area contributed by atoms with Crippen molar-refractivity contribution in [2.75, 3.05) is 12.0 Å². The molecule has 3 rings (SSSR count). The lowest BCUT2D eigenvalue weighted by atomic mass is 10.2. The molecule has 0 spiro atoms. The molecule has 1 amide bonds. The maximum Gasteiger partial charge on any atom is 0.269 e. The van der Waals surface area contributed by atoms with Crippen molar-refractivity contribution in [1.29, 1.82) is 0 Å². The van der Waals surface area contributed by atoms with Crippen LogP contribution < -0.4 is 14.4 Å². The van der Waals surface area contributed by atoms with Gasteiger partial charge in [-0.25, -0.2) is 4.98 Å². The number of halogens is 1. The first-order valence-electron chi connectivity index (χ1n) is 9.26. The van der Waals surface area contributed by atoms with Crippen LogP contribution >= 0.6 is 11.6 Å². The zero-order chi connectivity index (χ0) is 20.8. The summed E-state index contributed by atoms with van der Waals surface area (Å²) in [6, 6.07) is 18.4. The maximum absolute atomic E-state index is 13.2. The lowest BCUT2D eigenvalue weighted by Crippen LogP contribution is -2.40. The number of hydrogen-bond acceptors (Lipinski definition) is 4. The second kappa shape index (κ2) is 9.43. The van der Waals surface area contributed by atoms with Crippen molar-refractivity contribution in [2.45, 2.75) is 26.5 Å². The highest BCUT2D eigenvalue weighted by Gasteiger charge is 2.25. The van der Waals surface area contributed by atoms with E-state index in [4.69, 9.17) is 21.1 Å². The van der Waals surface area contributed by atoms with Gasteiger partial charge in [-0.1, -0.05) is 29.8 Å². The van der Waals surface area contributed by atoms with Crippen LogP contribution in [0.25, 0.3) is 0 Å². The van der Waals surface area contributed by atoms with Crippen molar-refractivity contribution in [2.24, 2.45) is 0 Å². The lowest BCUT2D eigenvalue weighted by molar-refractivity contribution is -0.124. The van der Waals surface area contributed by atoms with Crippen LogP contribution in [0.1, 0.15) is 18.1 Å². The number of carbonyl (C=O) groups excluding carboxylic acids is 1. The Morgan fingerprint density at radius 1 is 1.10 bits per heavy atom. The minimum Gasteiger partial charge on any atom is -0.497 e. The second-order valence-corrected chi connectivity index (χ2v) is 7.04. The number of methoxy groups -OCH3 is 1. The Balaban J connectivity index is 1.82. The summed E-state index contributed by atoms with van der Waals surface area (Å²) < 4.78 is 11.1. The van der Waals surface area contributed by atoms with Crippen LogP contribution in [0.5, 0.6) is 11.5 Å². The smallest absolute Gasteiger partial charge is 0.269 e. The predicted octanol–water partition coefficient (Wildman–Crippen LogP) is 5.05. The number of aromatic nitrogens is 1. The normalized spacial score (nSPS) is 11.6. The highest BCUT2D eigenvalue weighted by molar-refractivity contribution is 6.31. The van der Waals surface area contributed by atoms with Crippen LogP contribution in [0.3, 0.4) is 0 Å². The predicted molar refractivity (Wildman–Crippen MR) is 115 cm³/mol. The molecule has 0 aliphatic rings. The molecule has 29 heavy (non-hydrogen) atoms. The van der Waals surface area contributed by atoms with Crippen molar-refractivity contribution in [3.8, 4) is 11.5 Å². The monoisotopic (exact) mass is 410 g/mol. The summed E-state index contributed by atoms with van der Waals surface area (Å²) in [5.74, 6) is 1.74. The topological polar surface area (TPSA) is 51.7 Å². The van der Waals surface area contributed by atoms with Crippen molar-refractivity contribution >= 4 is 23.3 Å². The van der Waals surface area contributed by atoms with Crippen LogP contribution in [0.2, 0.25) is 5.02 Å². The molecular weight excluding hydrogens is 388 g/mol. The third kappa shape index (κ3) is 5.27. The van der Waals surface area contributed by atoms with Crippen molar-refractivity contribution in [1.82, 2.24) is 4.98 Å². The maximum atomic E-state index is 13.2. The third-order valence-electron chi connectivity index (χ3n) is 4.48.